The minimum absolute atomic E-state index is 0.121. The fourth-order valence-corrected chi connectivity index (χ4v) is 4.05. The minimum atomic E-state index is -0.432. The molecule has 26 heavy (non-hydrogen) atoms. The van der Waals surface area contributed by atoms with Crippen molar-refractivity contribution < 1.29 is 14.3 Å². The topological polar surface area (TPSA) is 94.3 Å². The van der Waals surface area contributed by atoms with Crippen LogP contribution >= 0.6 is 23.1 Å². The van der Waals surface area contributed by atoms with Crippen molar-refractivity contribution in [3.05, 3.63) is 48.5 Å². The standard InChI is InChI=1S/C18H17N3O3S2/c19-16(22)9-10-24-14-7-3-1-5-12(14)20-17(23)11-25-18-21-13-6-2-4-8-15(13)26-18/h1-8H,9-11H2,(H2,19,22)(H,20,23). The van der Waals surface area contributed by atoms with Gasteiger partial charge >= 0.3 is 0 Å². The number of aromatic nitrogens is 1. The van der Waals surface area contributed by atoms with Gasteiger partial charge in [0.25, 0.3) is 0 Å². The van der Waals surface area contributed by atoms with Crippen molar-refractivity contribution in [3.8, 4) is 5.75 Å². The minimum Gasteiger partial charge on any atom is -0.491 e. The second kappa shape index (κ2) is 8.68. The van der Waals surface area contributed by atoms with E-state index in [-0.39, 0.29) is 24.7 Å². The number of anilines is 1. The van der Waals surface area contributed by atoms with Gasteiger partial charge in [-0.1, -0.05) is 36.0 Å². The Kier molecular flexibility index (Phi) is 6.08. The van der Waals surface area contributed by atoms with E-state index in [9.17, 15) is 9.59 Å². The Morgan fingerprint density at radius 1 is 1.15 bits per heavy atom. The van der Waals surface area contributed by atoms with Crippen molar-refractivity contribution in [2.75, 3.05) is 17.7 Å². The predicted molar refractivity (Wildman–Crippen MR) is 105 cm³/mol. The van der Waals surface area contributed by atoms with Crippen molar-refractivity contribution in [2.24, 2.45) is 5.73 Å². The molecular formula is C18H17N3O3S2. The summed E-state index contributed by atoms with van der Waals surface area (Å²) in [4.78, 5) is 27.6. The lowest BCUT2D eigenvalue weighted by Gasteiger charge is -2.11. The summed E-state index contributed by atoms with van der Waals surface area (Å²) in [6.07, 6.45) is 0.121. The number of fused-ring (bicyclic) bond motifs is 1. The first-order valence-electron chi connectivity index (χ1n) is 7.90. The number of thiazole rings is 1. The van der Waals surface area contributed by atoms with Crippen molar-refractivity contribution in [2.45, 2.75) is 10.8 Å². The van der Waals surface area contributed by atoms with E-state index in [4.69, 9.17) is 10.5 Å². The fourth-order valence-electron chi connectivity index (χ4n) is 2.18. The van der Waals surface area contributed by atoms with Crippen LogP contribution in [-0.4, -0.2) is 29.2 Å². The Labute approximate surface area is 158 Å². The summed E-state index contributed by atoms with van der Waals surface area (Å²) < 4.78 is 7.47. The highest BCUT2D eigenvalue weighted by Crippen LogP contribution is 2.30. The largest absolute Gasteiger partial charge is 0.491 e. The molecule has 1 heterocycles. The van der Waals surface area contributed by atoms with Crippen LogP contribution in [-0.2, 0) is 9.59 Å². The summed E-state index contributed by atoms with van der Waals surface area (Å²) in [5, 5.41) is 2.83. The van der Waals surface area contributed by atoms with Crippen LogP contribution in [0.2, 0.25) is 0 Å². The highest BCUT2D eigenvalue weighted by atomic mass is 32.2. The molecule has 8 heteroatoms. The fraction of sp³-hybridized carbons (Fsp3) is 0.167. The van der Waals surface area contributed by atoms with E-state index in [0.29, 0.717) is 11.4 Å². The molecule has 6 nitrogen and oxygen atoms in total. The molecule has 0 radical (unpaired) electrons. The molecule has 3 rings (SSSR count). The number of para-hydroxylation sites is 3. The number of nitrogens with one attached hydrogen (secondary N) is 1. The third-order valence-electron chi connectivity index (χ3n) is 3.37. The number of carbonyl (C=O) groups excluding carboxylic acids is 2. The van der Waals surface area contributed by atoms with Gasteiger partial charge in [-0.25, -0.2) is 4.98 Å². The van der Waals surface area contributed by atoms with Gasteiger partial charge in [0.1, 0.15) is 5.75 Å². The van der Waals surface area contributed by atoms with Gasteiger partial charge < -0.3 is 15.8 Å². The zero-order chi connectivity index (χ0) is 18.4. The number of nitrogens with zero attached hydrogens (tertiary/aromatic N) is 1. The van der Waals surface area contributed by atoms with Gasteiger partial charge in [0.2, 0.25) is 11.8 Å². The number of ether oxygens (including phenoxy) is 1. The molecule has 0 fully saturated rings. The molecule has 0 saturated carbocycles. The first kappa shape index (κ1) is 18.2. The summed E-state index contributed by atoms with van der Waals surface area (Å²) in [6.45, 7) is 0.169. The van der Waals surface area contributed by atoms with E-state index in [1.807, 2.05) is 24.3 Å². The number of thioether (sulfide) groups is 1. The maximum Gasteiger partial charge on any atom is 0.234 e. The smallest absolute Gasteiger partial charge is 0.234 e. The van der Waals surface area contributed by atoms with Gasteiger partial charge in [0.15, 0.2) is 4.34 Å². The monoisotopic (exact) mass is 387 g/mol. The molecule has 0 aliphatic rings. The normalized spacial score (nSPS) is 10.6. The van der Waals surface area contributed by atoms with Gasteiger partial charge in [0, 0.05) is 0 Å². The summed E-state index contributed by atoms with van der Waals surface area (Å²) in [5.74, 6) is 0.168. The second-order valence-electron chi connectivity index (χ2n) is 5.35. The van der Waals surface area contributed by atoms with Crippen molar-refractivity contribution in [1.82, 2.24) is 4.98 Å². The number of amides is 2. The molecule has 0 atom stereocenters. The first-order chi connectivity index (χ1) is 12.6. The van der Waals surface area contributed by atoms with Gasteiger partial charge in [0.05, 0.1) is 34.7 Å². The molecule has 0 aliphatic carbocycles. The van der Waals surface area contributed by atoms with Crippen LogP contribution in [0.5, 0.6) is 5.75 Å². The quantitative estimate of drug-likeness (QED) is 0.579. The highest BCUT2D eigenvalue weighted by Gasteiger charge is 2.10. The number of carbonyl (C=O) groups is 2. The van der Waals surface area contributed by atoms with Gasteiger partial charge in [-0.15, -0.1) is 11.3 Å². The Morgan fingerprint density at radius 2 is 1.92 bits per heavy atom. The molecule has 0 bridgehead atoms. The predicted octanol–water partition coefficient (Wildman–Crippen LogP) is 3.28. The van der Waals surface area contributed by atoms with E-state index < -0.39 is 5.91 Å². The summed E-state index contributed by atoms with van der Waals surface area (Å²) in [6, 6.07) is 15.0. The number of hydrogen-bond acceptors (Lipinski definition) is 6. The summed E-state index contributed by atoms with van der Waals surface area (Å²) in [5.41, 5.74) is 6.60. The second-order valence-corrected chi connectivity index (χ2v) is 7.60. The van der Waals surface area contributed by atoms with Crippen LogP contribution < -0.4 is 15.8 Å². The molecule has 134 valence electrons. The van der Waals surface area contributed by atoms with Crippen LogP contribution in [0.4, 0.5) is 5.69 Å². The molecule has 2 amide bonds. The van der Waals surface area contributed by atoms with Crippen molar-refractivity contribution in [3.63, 3.8) is 0 Å². The molecular weight excluding hydrogens is 370 g/mol. The third kappa shape index (κ3) is 4.96. The molecule has 0 unspecified atom stereocenters. The molecule has 3 aromatic rings. The number of rotatable bonds is 8. The zero-order valence-electron chi connectivity index (χ0n) is 13.8. The average molecular weight is 387 g/mol. The van der Waals surface area contributed by atoms with E-state index in [1.165, 1.54) is 11.8 Å². The number of primary amides is 1. The Hall–Kier alpha value is -2.58. The van der Waals surface area contributed by atoms with Crippen LogP contribution in [0.15, 0.2) is 52.9 Å². The molecule has 2 aromatic carbocycles. The van der Waals surface area contributed by atoms with Gasteiger partial charge in [-0.3, -0.25) is 9.59 Å². The number of hydrogen-bond donors (Lipinski definition) is 2. The van der Waals surface area contributed by atoms with Gasteiger partial charge in [-0.2, -0.15) is 0 Å². The average Bonchev–Trinajstić information content (AvgIpc) is 3.04. The highest BCUT2D eigenvalue weighted by molar-refractivity contribution is 8.01. The lowest BCUT2D eigenvalue weighted by Crippen LogP contribution is -2.17. The number of benzene rings is 2. The molecule has 0 aliphatic heterocycles. The Bertz CT molecular complexity index is 894. The maximum absolute atomic E-state index is 12.3. The number of nitrogens with two attached hydrogens (primary N) is 1. The van der Waals surface area contributed by atoms with Crippen molar-refractivity contribution in [1.29, 1.82) is 0 Å². The third-order valence-corrected chi connectivity index (χ3v) is 5.55. The van der Waals surface area contributed by atoms with E-state index >= 15 is 0 Å². The summed E-state index contributed by atoms with van der Waals surface area (Å²) in [7, 11) is 0. The van der Waals surface area contributed by atoms with E-state index in [1.54, 1.807) is 35.6 Å². The molecule has 0 spiro atoms. The maximum atomic E-state index is 12.3. The van der Waals surface area contributed by atoms with Crippen LogP contribution in [0.1, 0.15) is 6.42 Å². The Balaban J connectivity index is 1.56. The summed E-state index contributed by atoms with van der Waals surface area (Å²) >= 11 is 2.96. The zero-order valence-corrected chi connectivity index (χ0v) is 15.4. The van der Waals surface area contributed by atoms with Gasteiger partial charge in [-0.05, 0) is 24.3 Å². The van der Waals surface area contributed by atoms with Crippen LogP contribution in [0, 0.1) is 0 Å². The van der Waals surface area contributed by atoms with E-state index in [2.05, 4.69) is 10.3 Å². The van der Waals surface area contributed by atoms with E-state index in [0.717, 1.165) is 14.6 Å². The lowest BCUT2D eigenvalue weighted by molar-refractivity contribution is -0.118. The molecule has 1 aromatic heterocycles. The molecule has 3 N–H and O–H groups in total. The first-order valence-corrected chi connectivity index (χ1v) is 9.70. The lowest BCUT2D eigenvalue weighted by atomic mass is 10.3. The van der Waals surface area contributed by atoms with Crippen LogP contribution in [0.3, 0.4) is 0 Å². The molecule has 0 saturated heterocycles. The van der Waals surface area contributed by atoms with Crippen molar-refractivity contribution >= 4 is 50.8 Å². The Morgan fingerprint density at radius 3 is 2.73 bits per heavy atom. The SMILES string of the molecule is NC(=O)CCOc1ccccc1NC(=O)CSc1nc2ccccc2s1. The van der Waals surface area contributed by atoms with Crippen LogP contribution in [0.25, 0.3) is 10.2 Å².